The Morgan fingerprint density at radius 3 is 1.94 bits per heavy atom. The first kappa shape index (κ1) is 31.1. The van der Waals surface area contributed by atoms with E-state index in [2.05, 4.69) is 185 Å². The summed E-state index contributed by atoms with van der Waals surface area (Å²) in [6, 6.07) is 62.8. The van der Waals surface area contributed by atoms with Crippen molar-refractivity contribution < 1.29 is 0 Å². The minimum Gasteiger partial charge on any atom is -0.341 e. The SMILES string of the molecule is NCCCN(c1ccccc1)c1ccc(-c2cccc(N(c3ccccc3)c3ccc(-c4ccc5ncccc5c4)c4ccccc34)c2)cc1. The number of rotatable bonds is 10. The molecule has 0 aliphatic rings. The van der Waals surface area contributed by atoms with Crippen molar-refractivity contribution >= 4 is 50.1 Å². The summed E-state index contributed by atoms with van der Waals surface area (Å²) in [5.74, 6) is 0. The monoisotopic (exact) mass is 646 g/mol. The second-order valence-corrected chi connectivity index (χ2v) is 12.5. The smallest absolute Gasteiger partial charge is 0.0702 e. The number of nitrogens with zero attached hydrogens (tertiary/aromatic N) is 3. The quantitative estimate of drug-likeness (QED) is 0.161. The van der Waals surface area contributed by atoms with E-state index in [0.717, 1.165) is 52.2 Å². The van der Waals surface area contributed by atoms with Crippen molar-refractivity contribution in [2.75, 3.05) is 22.9 Å². The number of fused-ring (bicyclic) bond motifs is 2. The zero-order valence-electron chi connectivity index (χ0n) is 27.9. The normalized spacial score (nSPS) is 11.1. The first-order valence-corrected chi connectivity index (χ1v) is 17.2. The standard InChI is InChI=1S/C46H38N4/c47-29-11-31-49(38-14-3-1-4-15-38)39-24-21-34(22-25-39)35-12-9-18-41(33-35)50(40-16-5-2-6-17-40)46-28-26-42(43-19-7-8-20-44(43)46)36-23-27-45-37(32-36)13-10-30-48-45/h1-10,12-28,30,32-33H,11,29,31,47H2. The van der Waals surface area contributed by atoms with E-state index in [0.29, 0.717) is 6.54 Å². The average molecular weight is 647 g/mol. The van der Waals surface area contributed by atoms with E-state index in [1.807, 2.05) is 12.3 Å². The van der Waals surface area contributed by atoms with Gasteiger partial charge in [-0.15, -0.1) is 0 Å². The molecule has 1 heterocycles. The van der Waals surface area contributed by atoms with Gasteiger partial charge in [0.2, 0.25) is 0 Å². The summed E-state index contributed by atoms with van der Waals surface area (Å²) >= 11 is 0. The molecule has 0 amide bonds. The van der Waals surface area contributed by atoms with Crippen LogP contribution in [0.5, 0.6) is 0 Å². The third kappa shape index (κ3) is 6.21. The van der Waals surface area contributed by atoms with Gasteiger partial charge in [0.25, 0.3) is 0 Å². The van der Waals surface area contributed by atoms with Crippen molar-refractivity contribution in [2.45, 2.75) is 6.42 Å². The van der Waals surface area contributed by atoms with Crippen molar-refractivity contribution in [3.63, 3.8) is 0 Å². The number of anilines is 5. The van der Waals surface area contributed by atoms with Gasteiger partial charge in [0, 0.05) is 46.3 Å². The molecule has 0 spiro atoms. The highest BCUT2D eigenvalue weighted by atomic mass is 15.1. The molecule has 0 saturated carbocycles. The predicted octanol–water partition coefficient (Wildman–Crippen LogP) is 11.7. The fraction of sp³-hybridized carbons (Fsp3) is 0.0652. The van der Waals surface area contributed by atoms with Gasteiger partial charge in [0.1, 0.15) is 0 Å². The Kier molecular flexibility index (Phi) is 8.75. The first-order valence-electron chi connectivity index (χ1n) is 17.2. The molecule has 0 bridgehead atoms. The average Bonchev–Trinajstić information content (AvgIpc) is 3.19. The molecule has 8 rings (SSSR count). The highest BCUT2D eigenvalue weighted by Gasteiger charge is 2.18. The summed E-state index contributed by atoms with van der Waals surface area (Å²) in [6.07, 6.45) is 2.77. The minimum absolute atomic E-state index is 0.658. The van der Waals surface area contributed by atoms with E-state index in [-0.39, 0.29) is 0 Å². The number of benzene rings is 7. The molecule has 7 aromatic carbocycles. The zero-order chi connectivity index (χ0) is 33.7. The number of hydrogen-bond donors (Lipinski definition) is 1. The van der Waals surface area contributed by atoms with Gasteiger partial charge in [-0.2, -0.15) is 0 Å². The summed E-state index contributed by atoms with van der Waals surface area (Å²) in [5, 5.41) is 3.53. The molecule has 4 nitrogen and oxygen atoms in total. The second kappa shape index (κ2) is 14.1. The van der Waals surface area contributed by atoms with E-state index < -0.39 is 0 Å². The summed E-state index contributed by atoms with van der Waals surface area (Å²) < 4.78 is 0. The zero-order valence-corrected chi connectivity index (χ0v) is 27.9. The third-order valence-corrected chi connectivity index (χ3v) is 9.34. The maximum Gasteiger partial charge on any atom is 0.0702 e. The molecule has 0 saturated heterocycles. The highest BCUT2D eigenvalue weighted by molar-refractivity contribution is 6.07. The minimum atomic E-state index is 0.658. The Labute approximate surface area is 293 Å². The van der Waals surface area contributed by atoms with E-state index in [1.165, 1.54) is 33.2 Å². The molecule has 4 heteroatoms. The van der Waals surface area contributed by atoms with Crippen LogP contribution >= 0.6 is 0 Å². The van der Waals surface area contributed by atoms with Crippen LogP contribution < -0.4 is 15.5 Å². The number of nitrogens with two attached hydrogens (primary N) is 1. The first-order chi connectivity index (χ1) is 24.8. The summed E-state index contributed by atoms with van der Waals surface area (Å²) in [7, 11) is 0. The van der Waals surface area contributed by atoms with Gasteiger partial charge in [-0.05, 0) is 113 Å². The Morgan fingerprint density at radius 2 is 1.16 bits per heavy atom. The number of hydrogen-bond acceptors (Lipinski definition) is 4. The second-order valence-electron chi connectivity index (χ2n) is 12.5. The van der Waals surface area contributed by atoms with Gasteiger partial charge in [-0.3, -0.25) is 4.98 Å². The predicted molar refractivity (Wildman–Crippen MR) is 212 cm³/mol. The van der Waals surface area contributed by atoms with E-state index in [1.54, 1.807) is 0 Å². The molecule has 1 aromatic heterocycles. The summed E-state index contributed by atoms with van der Waals surface area (Å²) in [5.41, 5.74) is 17.3. The lowest BCUT2D eigenvalue weighted by molar-refractivity contribution is 0.818. The van der Waals surface area contributed by atoms with Crippen molar-refractivity contribution in [2.24, 2.45) is 5.73 Å². The fourth-order valence-corrected chi connectivity index (χ4v) is 6.90. The lowest BCUT2D eigenvalue weighted by Crippen LogP contribution is -2.20. The van der Waals surface area contributed by atoms with Crippen LogP contribution in [0.25, 0.3) is 43.9 Å². The molecule has 2 N–H and O–H groups in total. The number of pyridine rings is 1. The van der Waals surface area contributed by atoms with Gasteiger partial charge in [0.05, 0.1) is 11.2 Å². The van der Waals surface area contributed by atoms with Crippen LogP contribution in [0.3, 0.4) is 0 Å². The maximum absolute atomic E-state index is 5.91. The Bertz CT molecular complexity index is 2370. The number of aromatic nitrogens is 1. The van der Waals surface area contributed by atoms with E-state index in [9.17, 15) is 0 Å². The van der Waals surface area contributed by atoms with Crippen molar-refractivity contribution in [3.05, 3.63) is 182 Å². The van der Waals surface area contributed by atoms with Gasteiger partial charge >= 0.3 is 0 Å². The number of para-hydroxylation sites is 2. The Hall–Kier alpha value is -6.23. The topological polar surface area (TPSA) is 45.4 Å². The van der Waals surface area contributed by atoms with Gasteiger partial charge in [-0.1, -0.05) is 103 Å². The van der Waals surface area contributed by atoms with Crippen LogP contribution in [0.2, 0.25) is 0 Å². The summed E-state index contributed by atoms with van der Waals surface area (Å²) in [6.45, 7) is 1.53. The third-order valence-electron chi connectivity index (χ3n) is 9.34. The Balaban J connectivity index is 1.20. The summed E-state index contributed by atoms with van der Waals surface area (Å²) in [4.78, 5) is 9.25. The van der Waals surface area contributed by atoms with Crippen molar-refractivity contribution in [1.82, 2.24) is 4.98 Å². The molecular weight excluding hydrogens is 609 g/mol. The molecule has 0 atom stereocenters. The van der Waals surface area contributed by atoms with E-state index >= 15 is 0 Å². The van der Waals surface area contributed by atoms with Crippen molar-refractivity contribution in [1.29, 1.82) is 0 Å². The molecule has 50 heavy (non-hydrogen) atoms. The van der Waals surface area contributed by atoms with Gasteiger partial charge in [0.15, 0.2) is 0 Å². The molecule has 0 aliphatic heterocycles. The van der Waals surface area contributed by atoms with Crippen molar-refractivity contribution in [3.8, 4) is 22.3 Å². The lowest BCUT2D eigenvalue weighted by atomic mass is 9.95. The molecule has 0 aliphatic carbocycles. The van der Waals surface area contributed by atoms with E-state index in [4.69, 9.17) is 5.73 Å². The molecular formula is C46H38N4. The molecule has 0 unspecified atom stereocenters. The van der Waals surface area contributed by atoms with Crippen LogP contribution in [0.1, 0.15) is 6.42 Å². The maximum atomic E-state index is 5.91. The van der Waals surface area contributed by atoms with Crippen LogP contribution in [0.15, 0.2) is 182 Å². The largest absolute Gasteiger partial charge is 0.341 e. The molecule has 0 fully saturated rings. The van der Waals surface area contributed by atoms with Crippen LogP contribution in [-0.2, 0) is 0 Å². The highest BCUT2D eigenvalue weighted by Crippen LogP contribution is 2.43. The molecule has 8 aromatic rings. The van der Waals surface area contributed by atoms with Crippen LogP contribution in [-0.4, -0.2) is 18.1 Å². The molecule has 0 radical (unpaired) electrons. The Morgan fingerprint density at radius 1 is 0.480 bits per heavy atom. The van der Waals surface area contributed by atoms with Gasteiger partial charge in [-0.25, -0.2) is 0 Å². The van der Waals surface area contributed by atoms with Crippen LogP contribution in [0.4, 0.5) is 28.4 Å². The lowest BCUT2D eigenvalue weighted by Gasteiger charge is -2.28. The van der Waals surface area contributed by atoms with Crippen LogP contribution in [0, 0.1) is 0 Å². The fourth-order valence-electron chi connectivity index (χ4n) is 6.90. The molecule has 242 valence electrons. The van der Waals surface area contributed by atoms with Gasteiger partial charge < -0.3 is 15.5 Å².